The van der Waals surface area contributed by atoms with Crippen LogP contribution >= 0.6 is 0 Å². The standard InChI is InChI=1S/C18H27N3O3/c1-15(24-14-17-3-2-12-23-17)18(22)21-10-8-20(9-11-21)13-16-4-6-19-7-5-16/h4-7,15,17H,2-3,8-14H2,1H3. The summed E-state index contributed by atoms with van der Waals surface area (Å²) in [5, 5.41) is 0. The lowest BCUT2D eigenvalue weighted by Crippen LogP contribution is -2.51. The van der Waals surface area contributed by atoms with Crippen LogP contribution < -0.4 is 0 Å². The van der Waals surface area contributed by atoms with Gasteiger partial charge in [0.05, 0.1) is 12.7 Å². The largest absolute Gasteiger partial charge is 0.376 e. The van der Waals surface area contributed by atoms with Gasteiger partial charge in [-0.2, -0.15) is 0 Å². The molecule has 2 unspecified atom stereocenters. The third-order valence-corrected chi connectivity index (χ3v) is 4.74. The second-order valence-electron chi connectivity index (χ2n) is 6.57. The predicted molar refractivity (Wildman–Crippen MR) is 90.5 cm³/mol. The van der Waals surface area contributed by atoms with Gasteiger partial charge in [-0.1, -0.05) is 0 Å². The number of rotatable bonds is 6. The number of aromatic nitrogens is 1. The minimum absolute atomic E-state index is 0.0940. The Morgan fingerprint density at radius 3 is 2.75 bits per heavy atom. The molecule has 1 amide bonds. The topological polar surface area (TPSA) is 54.9 Å². The third kappa shape index (κ3) is 4.75. The molecule has 3 rings (SSSR count). The Hall–Kier alpha value is -1.50. The summed E-state index contributed by atoms with van der Waals surface area (Å²) in [5.74, 6) is 0.0940. The molecule has 2 fully saturated rings. The van der Waals surface area contributed by atoms with Gasteiger partial charge in [0.1, 0.15) is 6.10 Å². The molecule has 0 N–H and O–H groups in total. The second-order valence-corrected chi connectivity index (χ2v) is 6.57. The number of hydrogen-bond acceptors (Lipinski definition) is 5. The lowest BCUT2D eigenvalue weighted by molar-refractivity contribution is -0.146. The number of amides is 1. The van der Waals surface area contributed by atoms with Crippen LogP contribution in [0.5, 0.6) is 0 Å². The lowest BCUT2D eigenvalue weighted by Gasteiger charge is -2.36. The molecular weight excluding hydrogens is 306 g/mol. The first-order chi connectivity index (χ1) is 11.7. The van der Waals surface area contributed by atoms with Crippen LogP contribution in [0.3, 0.4) is 0 Å². The SMILES string of the molecule is CC(OCC1CCCO1)C(=O)N1CCN(Cc2ccncc2)CC1. The maximum absolute atomic E-state index is 12.5. The van der Waals surface area contributed by atoms with Crippen molar-refractivity contribution in [1.29, 1.82) is 0 Å². The first-order valence-corrected chi connectivity index (χ1v) is 8.85. The van der Waals surface area contributed by atoms with E-state index < -0.39 is 0 Å². The van der Waals surface area contributed by atoms with Crippen molar-refractivity contribution in [3.63, 3.8) is 0 Å². The Bertz CT molecular complexity index is 512. The van der Waals surface area contributed by atoms with Crippen LogP contribution in [0.25, 0.3) is 0 Å². The fraction of sp³-hybridized carbons (Fsp3) is 0.667. The smallest absolute Gasteiger partial charge is 0.251 e. The van der Waals surface area contributed by atoms with E-state index in [9.17, 15) is 4.79 Å². The van der Waals surface area contributed by atoms with Gasteiger partial charge in [0.15, 0.2) is 0 Å². The first kappa shape index (κ1) is 17.3. The zero-order valence-corrected chi connectivity index (χ0v) is 14.4. The molecule has 2 saturated heterocycles. The molecule has 1 aromatic rings. The van der Waals surface area contributed by atoms with Gasteiger partial charge in [0, 0.05) is 51.7 Å². The van der Waals surface area contributed by atoms with E-state index in [4.69, 9.17) is 9.47 Å². The van der Waals surface area contributed by atoms with Crippen molar-refractivity contribution in [3.8, 4) is 0 Å². The summed E-state index contributed by atoms with van der Waals surface area (Å²) in [7, 11) is 0. The van der Waals surface area contributed by atoms with Crippen LogP contribution in [0, 0.1) is 0 Å². The maximum Gasteiger partial charge on any atom is 0.251 e. The van der Waals surface area contributed by atoms with Crippen LogP contribution in [0.15, 0.2) is 24.5 Å². The Morgan fingerprint density at radius 1 is 1.33 bits per heavy atom. The number of hydrogen-bond donors (Lipinski definition) is 0. The summed E-state index contributed by atoms with van der Waals surface area (Å²) in [6, 6.07) is 4.08. The van der Waals surface area contributed by atoms with E-state index in [-0.39, 0.29) is 18.1 Å². The molecule has 0 radical (unpaired) electrons. The number of carbonyl (C=O) groups excluding carboxylic acids is 1. The molecule has 0 bridgehead atoms. The predicted octanol–water partition coefficient (Wildman–Crippen LogP) is 1.31. The van der Waals surface area contributed by atoms with Gasteiger partial charge < -0.3 is 14.4 Å². The van der Waals surface area contributed by atoms with E-state index in [1.54, 1.807) is 0 Å². The Labute approximate surface area is 143 Å². The molecule has 6 nitrogen and oxygen atoms in total. The Balaban J connectivity index is 1.39. The summed E-state index contributed by atoms with van der Waals surface area (Å²) in [6.45, 7) is 7.41. The van der Waals surface area contributed by atoms with Gasteiger partial charge >= 0.3 is 0 Å². The van der Waals surface area contributed by atoms with E-state index in [1.165, 1.54) is 5.56 Å². The highest BCUT2D eigenvalue weighted by Gasteiger charge is 2.26. The van der Waals surface area contributed by atoms with Crippen LogP contribution in [0.4, 0.5) is 0 Å². The van der Waals surface area contributed by atoms with Gasteiger partial charge in [-0.05, 0) is 37.5 Å². The van der Waals surface area contributed by atoms with Gasteiger partial charge in [-0.15, -0.1) is 0 Å². The van der Waals surface area contributed by atoms with Crippen LogP contribution in [0.2, 0.25) is 0 Å². The highest BCUT2D eigenvalue weighted by molar-refractivity contribution is 5.80. The molecule has 24 heavy (non-hydrogen) atoms. The normalized spacial score (nSPS) is 23.4. The monoisotopic (exact) mass is 333 g/mol. The summed E-state index contributed by atoms with van der Waals surface area (Å²) >= 11 is 0. The van der Waals surface area contributed by atoms with Crippen molar-refractivity contribution in [2.24, 2.45) is 0 Å². The quantitative estimate of drug-likeness (QED) is 0.786. The van der Waals surface area contributed by atoms with Crippen molar-refractivity contribution < 1.29 is 14.3 Å². The van der Waals surface area contributed by atoms with E-state index in [1.807, 2.05) is 36.4 Å². The fourth-order valence-corrected chi connectivity index (χ4v) is 3.23. The molecule has 0 spiro atoms. The summed E-state index contributed by atoms with van der Waals surface area (Å²) in [4.78, 5) is 20.8. The minimum atomic E-state index is -0.388. The molecule has 0 aliphatic carbocycles. The molecule has 6 heteroatoms. The van der Waals surface area contributed by atoms with E-state index >= 15 is 0 Å². The summed E-state index contributed by atoms with van der Waals surface area (Å²) < 4.78 is 11.3. The average molecular weight is 333 g/mol. The van der Waals surface area contributed by atoms with Crippen LogP contribution in [-0.4, -0.2) is 72.3 Å². The third-order valence-electron chi connectivity index (χ3n) is 4.74. The molecule has 2 aliphatic heterocycles. The molecule has 2 atom stereocenters. The minimum Gasteiger partial charge on any atom is -0.376 e. The number of piperazine rings is 1. The molecule has 132 valence electrons. The van der Waals surface area contributed by atoms with Crippen LogP contribution in [0.1, 0.15) is 25.3 Å². The van der Waals surface area contributed by atoms with Gasteiger partial charge in [-0.25, -0.2) is 0 Å². The fourth-order valence-electron chi connectivity index (χ4n) is 3.23. The number of pyridine rings is 1. The van der Waals surface area contributed by atoms with Crippen molar-refractivity contribution in [1.82, 2.24) is 14.8 Å². The van der Waals surface area contributed by atoms with Crippen molar-refractivity contribution >= 4 is 5.91 Å². The molecule has 0 aromatic carbocycles. The molecule has 0 saturated carbocycles. The summed E-state index contributed by atoms with van der Waals surface area (Å²) in [5.41, 5.74) is 1.26. The van der Waals surface area contributed by atoms with E-state index in [0.717, 1.165) is 52.2 Å². The van der Waals surface area contributed by atoms with E-state index in [2.05, 4.69) is 9.88 Å². The van der Waals surface area contributed by atoms with Gasteiger partial charge in [-0.3, -0.25) is 14.7 Å². The van der Waals surface area contributed by atoms with Gasteiger partial charge in [0.2, 0.25) is 0 Å². The number of carbonyl (C=O) groups is 1. The molecule has 3 heterocycles. The first-order valence-electron chi connectivity index (χ1n) is 8.85. The highest BCUT2D eigenvalue weighted by atomic mass is 16.5. The van der Waals surface area contributed by atoms with Crippen molar-refractivity contribution in [2.45, 2.75) is 38.5 Å². The lowest BCUT2D eigenvalue weighted by atomic mass is 10.2. The van der Waals surface area contributed by atoms with Gasteiger partial charge in [0.25, 0.3) is 5.91 Å². The van der Waals surface area contributed by atoms with Crippen molar-refractivity contribution in [3.05, 3.63) is 30.1 Å². The summed E-state index contributed by atoms with van der Waals surface area (Å²) in [6.07, 6.45) is 5.55. The molecule has 1 aromatic heterocycles. The average Bonchev–Trinajstić information content (AvgIpc) is 3.14. The number of ether oxygens (including phenoxy) is 2. The zero-order valence-electron chi connectivity index (χ0n) is 14.4. The van der Waals surface area contributed by atoms with Crippen molar-refractivity contribution in [2.75, 3.05) is 39.4 Å². The highest BCUT2D eigenvalue weighted by Crippen LogP contribution is 2.14. The number of nitrogens with zero attached hydrogens (tertiary/aromatic N) is 3. The van der Waals surface area contributed by atoms with Crippen LogP contribution in [-0.2, 0) is 20.8 Å². The Kier molecular flexibility index (Phi) is 6.18. The second kappa shape index (κ2) is 8.55. The van der Waals surface area contributed by atoms with E-state index in [0.29, 0.717) is 6.61 Å². The maximum atomic E-state index is 12.5. The molecular formula is C18H27N3O3. The zero-order chi connectivity index (χ0) is 16.8. The Morgan fingerprint density at radius 2 is 2.08 bits per heavy atom. The molecule has 2 aliphatic rings.